The summed E-state index contributed by atoms with van der Waals surface area (Å²) in [5.74, 6) is 0.688. The number of fused-ring (bicyclic) bond motifs is 4. The molecular weight excluding hydrogens is 495 g/mol. The SMILES string of the molecule is N#Cc1c(N)sc2c1C1(CC2)CN(c2nc(OC[C@@]34CCCN3C[C@H](F)C4)nc3c2ncn3CCO)C1. The third-order valence-electron chi connectivity index (χ3n) is 8.76. The number of nitrogens with zero attached hydrogens (tertiary/aromatic N) is 7. The molecule has 10 nitrogen and oxygen atoms in total. The molecule has 12 heteroatoms. The number of aromatic nitrogens is 4. The number of aliphatic hydroxyl groups excluding tert-OH is 1. The summed E-state index contributed by atoms with van der Waals surface area (Å²) in [5.41, 5.74) is 8.75. The second-order valence-electron chi connectivity index (χ2n) is 10.9. The number of nitrogens with two attached hydrogens (primary N) is 1. The zero-order valence-electron chi connectivity index (χ0n) is 20.5. The number of nitrogen functional groups attached to an aromatic ring is 1. The average molecular weight is 525 g/mol. The van der Waals surface area contributed by atoms with Crippen molar-refractivity contribution in [3.8, 4) is 12.1 Å². The first-order valence-electron chi connectivity index (χ1n) is 12.9. The van der Waals surface area contributed by atoms with E-state index in [1.807, 2.05) is 0 Å². The number of aliphatic hydroxyl groups is 1. The molecule has 2 atom stereocenters. The largest absolute Gasteiger partial charge is 0.461 e. The number of ether oxygens (including phenoxy) is 1. The molecule has 1 aliphatic carbocycles. The summed E-state index contributed by atoms with van der Waals surface area (Å²) in [6.45, 7) is 3.46. The second kappa shape index (κ2) is 8.24. The first-order chi connectivity index (χ1) is 17.9. The Morgan fingerprint density at radius 1 is 1.32 bits per heavy atom. The highest BCUT2D eigenvalue weighted by atomic mass is 32.1. The lowest BCUT2D eigenvalue weighted by Crippen LogP contribution is -2.59. The van der Waals surface area contributed by atoms with Gasteiger partial charge in [-0.15, -0.1) is 11.3 Å². The van der Waals surface area contributed by atoms with Crippen LogP contribution in [-0.4, -0.2) is 80.6 Å². The Bertz CT molecular complexity index is 1430. The topological polar surface area (TPSA) is 129 Å². The Kier molecular flexibility index (Phi) is 5.15. The minimum atomic E-state index is -0.827. The standard InChI is InChI=1S/C25H29FN8O2S/c26-15-8-25(3-1-5-34(25)10-15)13-36-23-30-21-19(29-14-32(21)6-7-35)22(31-23)33-11-24(12-33)4-2-17-18(24)16(9-27)20(28)37-17/h14-15,35H,1-8,10-13,28H2/t15-,25+/m1/s1. The van der Waals surface area contributed by atoms with Gasteiger partial charge in [0.15, 0.2) is 17.0 Å². The number of hydrogen-bond donors (Lipinski definition) is 2. The van der Waals surface area contributed by atoms with Crippen LogP contribution in [0.4, 0.5) is 15.2 Å². The van der Waals surface area contributed by atoms with Crippen molar-refractivity contribution in [2.75, 3.05) is 50.0 Å². The molecule has 1 spiro atoms. The predicted molar refractivity (Wildman–Crippen MR) is 137 cm³/mol. The molecule has 0 aromatic carbocycles. The van der Waals surface area contributed by atoms with Gasteiger partial charge in [-0.1, -0.05) is 0 Å². The van der Waals surface area contributed by atoms with E-state index in [0.717, 1.165) is 37.8 Å². The van der Waals surface area contributed by atoms with Gasteiger partial charge in [-0.05, 0) is 37.8 Å². The van der Waals surface area contributed by atoms with Crippen molar-refractivity contribution < 1.29 is 14.2 Å². The molecule has 0 radical (unpaired) electrons. The van der Waals surface area contributed by atoms with Gasteiger partial charge in [0.05, 0.1) is 24.0 Å². The van der Waals surface area contributed by atoms with Crippen molar-refractivity contribution in [2.45, 2.75) is 55.8 Å². The summed E-state index contributed by atoms with van der Waals surface area (Å²) in [7, 11) is 0. The summed E-state index contributed by atoms with van der Waals surface area (Å²) in [4.78, 5) is 19.6. The Labute approximate surface area is 217 Å². The molecule has 0 saturated carbocycles. The summed E-state index contributed by atoms with van der Waals surface area (Å²) in [5, 5.41) is 19.9. The van der Waals surface area contributed by atoms with Crippen LogP contribution in [0.5, 0.6) is 6.01 Å². The number of rotatable bonds is 6. The van der Waals surface area contributed by atoms with E-state index in [2.05, 4.69) is 25.8 Å². The molecule has 194 valence electrons. The smallest absolute Gasteiger partial charge is 0.320 e. The molecule has 3 aromatic heterocycles. The summed E-state index contributed by atoms with van der Waals surface area (Å²) in [6, 6.07) is 2.57. The minimum Gasteiger partial charge on any atom is -0.461 e. The number of halogens is 1. The van der Waals surface area contributed by atoms with Gasteiger partial charge < -0.3 is 25.0 Å². The number of nitriles is 1. The molecule has 0 unspecified atom stereocenters. The van der Waals surface area contributed by atoms with E-state index in [0.29, 0.717) is 66.8 Å². The van der Waals surface area contributed by atoms with Crippen LogP contribution in [0, 0.1) is 11.3 Å². The lowest BCUT2D eigenvalue weighted by atomic mass is 9.74. The molecule has 7 rings (SSSR count). The number of aryl methyl sites for hydroxylation is 1. The monoisotopic (exact) mass is 524 g/mol. The fourth-order valence-electron chi connectivity index (χ4n) is 7.09. The number of hydrogen-bond acceptors (Lipinski definition) is 10. The van der Waals surface area contributed by atoms with E-state index in [9.17, 15) is 14.8 Å². The second-order valence-corrected chi connectivity index (χ2v) is 12.1. The van der Waals surface area contributed by atoms with Crippen LogP contribution in [0.25, 0.3) is 11.2 Å². The molecule has 6 heterocycles. The molecule has 4 aliphatic rings. The lowest BCUT2D eigenvalue weighted by Gasteiger charge is -2.49. The average Bonchev–Trinajstić information content (AvgIpc) is 3.63. The van der Waals surface area contributed by atoms with E-state index >= 15 is 0 Å². The van der Waals surface area contributed by atoms with Gasteiger partial charge in [-0.3, -0.25) is 4.90 Å². The van der Waals surface area contributed by atoms with Crippen LogP contribution in [0.2, 0.25) is 0 Å². The van der Waals surface area contributed by atoms with Crippen molar-refractivity contribution in [3.63, 3.8) is 0 Å². The van der Waals surface area contributed by atoms with Gasteiger partial charge in [-0.2, -0.15) is 15.2 Å². The normalized spacial score (nSPS) is 26.0. The Balaban J connectivity index is 1.20. The van der Waals surface area contributed by atoms with Gasteiger partial charge in [0.1, 0.15) is 23.8 Å². The molecule has 3 N–H and O–H groups in total. The molecule has 0 amide bonds. The third kappa shape index (κ3) is 3.37. The third-order valence-corrected chi connectivity index (χ3v) is 9.84. The van der Waals surface area contributed by atoms with Crippen LogP contribution >= 0.6 is 11.3 Å². The van der Waals surface area contributed by atoms with Crippen molar-refractivity contribution in [3.05, 3.63) is 22.3 Å². The first kappa shape index (κ1) is 23.1. The zero-order valence-corrected chi connectivity index (χ0v) is 21.3. The molecule has 0 bridgehead atoms. The number of alkyl halides is 1. The maximum Gasteiger partial charge on any atom is 0.320 e. The van der Waals surface area contributed by atoms with Gasteiger partial charge in [0.2, 0.25) is 0 Å². The van der Waals surface area contributed by atoms with Gasteiger partial charge in [-0.25, -0.2) is 9.37 Å². The van der Waals surface area contributed by atoms with Crippen LogP contribution < -0.4 is 15.4 Å². The maximum absolute atomic E-state index is 14.3. The molecule has 3 aliphatic heterocycles. The fraction of sp³-hybridized carbons (Fsp3) is 0.600. The van der Waals surface area contributed by atoms with Gasteiger partial charge >= 0.3 is 6.01 Å². The van der Waals surface area contributed by atoms with Crippen LogP contribution in [0.1, 0.15) is 41.7 Å². The molecule has 37 heavy (non-hydrogen) atoms. The minimum absolute atomic E-state index is 0.0386. The van der Waals surface area contributed by atoms with Gasteiger partial charge in [0, 0.05) is 42.9 Å². The fourth-order valence-corrected chi connectivity index (χ4v) is 8.23. The van der Waals surface area contributed by atoms with Crippen molar-refractivity contribution in [1.82, 2.24) is 24.4 Å². The summed E-state index contributed by atoms with van der Waals surface area (Å²) < 4.78 is 22.3. The van der Waals surface area contributed by atoms with E-state index in [1.165, 1.54) is 16.2 Å². The Morgan fingerprint density at radius 2 is 2.19 bits per heavy atom. The van der Waals surface area contributed by atoms with E-state index in [-0.39, 0.29) is 23.6 Å². The molecule has 3 saturated heterocycles. The summed E-state index contributed by atoms with van der Waals surface area (Å²) >= 11 is 1.54. The zero-order chi connectivity index (χ0) is 25.4. The van der Waals surface area contributed by atoms with Crippen molar-refractivity contribution in [1.29, 1.82) is 5.26 Å². The Hall–Kier alpha value is -3.01. The van der Waals surface area contributed by atoms with Gasteiger partial charge in [0.25, 0.3) is 0 Å². The molecule has 3 fully saturated rings. The van der Waals surface area contributed by atoms with Crippen LogP contribution in [0.15, 0.2) is 6.33 Å². The van der Waals surface area contributed by atoms with E-state index in [4.69, 9.17) is 15.5 Å². The highest BCUT2D eigenvalue weighted by Gasteiger charge is 2.52. The highest BCUT2D eigenvalue weighted by molar-refractivity contribution is 7.16. The predicted octanol–water partition coefficient (Wildman–Crippen LogP) is 1.99. The van der Waals surface area contributed by atoms with Crippen molar-refractivity contribution in [2.24, 2.45) is 0 Å². The highest BCUT2D eigenvalue weighted by Crippen LogP contribution is 2.52. The first-order valence-corrected chi connectivity index (χ1v) is 13.7. The van der Waals surface area contributed by atoms with Crippen LogP contribution in [0.3, 0.4) is 0 Å². The summed E-state index contributed by atoms with van der Waals surface area (Å²) in [6.07, 6.45) is 5.19. The van der Waals surface area contributed by atoms with Crippen molar-refractivity contribution >= 4 is 33.3 Å². The lowest BCUT2D eigenvalue weighted by molar-refractivity contribution is 0.107. The molecular formula is C25H29FN8O2S. The Morgan fingerprint density at radius 3 is 3.00 bits per heavy atom. The van der Waals surface area contributed by atoms with E-state index in [1.54, 1.807) is 10.9 Å². The number of thiophene rings is 1. The number of imidazole rings is 1. The number of anilines is 2. The van der Waals surface area contributed by atoms with E-state index < -0.39 is 6.17 Å². The quantitative estimate of drug-likeness (QED) is 0.497. The molecule has 3 aromatic rings. The van der Waals surface area contributed by atoms with Crippen LogP contribution in [-0.2, 0) is 18.4 Å². The maximum atomic E-state index is 14.3.